The van der Waals surface area contributed by atoms with Crippen LogP contribution in [0.25, 0.3) is 0 Å². The molecule has 1 saturated heterocycles. The smallest absolute Gasteiger partial charge is 0.123 e. The summed E-state index contributed by atoms with van der Waals surface area (Å²) in [5, 5.41) is 0. The van der Waals surface area contributed by atoms with Gasteiger partial charge in [-0.25, -0.2) is 4.39 Å². The Hall–Kier alpha value is -0.960. The molecule has 1 aliphatic heterocycles. The zero-order valence-electron chi connectivity index (χ0n) is 9.50. The fraction of sp³-hybridized carbons (Fsp3) is 0.538. The third-order valence-corrected chi connectivity index (χ3v) is 3.45. The predicted octanol–water partition coefficient (Wildman–Crippen LogP) is 3.18. The number of likely N-dealkylation sites (tertiary alicyclic amines) is 1. The Balaban J connectivity index is 2.14. The number of nitrogens with zero attached hydrogens (tertiary/aromatic N) is 1. The molecule has 88 valence electrons. The van der Waals surface area contributed by atoms with Crippen LogP contribution in [0.3, 0.4) is 0 Å². The molecule has 0 amide bonds. The third kappa shape index (κ3) is 2.40. The molecule has 3 heteroatoms. The first-order chi connectivity index (χ1) is 7.70. The molecule has 2 rings (SSSR count). The Morgan fingerprint density at radius 1 is 1.31 bits per heavy atom. The fourth-order valence-electron chi connectivity index (χ4n) is 2.37. The lowest BCUT2D eigenvalue weighted by molar-refractivity contribution is 0.126. The summed E-state index contributed by atoms with van der Waals surface area (Å²) >= 11 is 0. The van der Waals surface area contributed by atoms with E-state index in [0.717, 1.165) is 24.9 Å². The van der Waals surface area contributed by atoms with Crippen LogP contribution in [0.15, 0.2) is 24.3 Å². The highest BCUT2D eigenvalue weighted by molar-refractivity contribution is 5.20. The van der Waals surface area contributed by atoms with Crippen LogP contribution in [-0.4, -0.2) is 25.2 Å². The molecule has 0 bridgehead atoms. The number of halogens is 2. The quantitative estimate of drug-likeness (QED) is 0.747. The first-order valence-electron chi connectivity index (χ1n) is 5.72. The van der Waals surface area contributed by atoms with Gasteiger partial charge in [-0.1, -0.05) is 12.1 Å². The van der Waals surface area contributed by atoms with Gasteiger partial charge in [-0.3, -0.25) is 9.29 Å². The first-order valence-corrected chi connectivity index (χ1v) is 5.72. The molecule has 1 aromatic rings. The lowest BCUT2D eigenvalue weighted by Crippen LogP contribution is -2.34. The molecule has 2 atom stereocenters. The van der Waals surface area contributed by atoms with Crippen LogP contribution in [0.5, 0.6) is 0 Å². The van der Waals surface area contributed by atoms with E-state index in [4.69, 9.17) is 0 Å². The van der Waals surface area contributed by atoms with Crippen LogP contribution in [0, 0.1) is 11.7 Å². The molecule has 1 heterocycles. The van der Waals surface area contributed by atoms with Crippen molar-refractivity contribution in [2.24, 2.45) is 5.92 Å². The summed E-state index contributed by atoms with van der Waals surface area (Å²) in [6.07, 6.45) is 1.75. The van der Waals surface area contributed by atoms with Gasteiger partial charge < -0.3 is 0 Å². The topological polar surface area (TPSA) is 3.24 Å². The summed E-state index contributed by atoms with van der Waals surface area (Å²) in [6.45, 7) is 0.669. The minimum absolute atomic E-state index is 0.159. The average molecular weight is 225 g/mol. The van der Waals surface area contributed by atoms with Crippen molar-refractivity contribution in [3.63, 3.8) is 0 Å². The SMILES string of the molecule is CN1CC[C@H](CF)C[C@@H]1c1ccc(F)cc1. The van der Waals surface area contributed by atoms with E-state index >= 15 is 0 Å². The van der Waals surface area contributed by atoms with Gasteiger partial charge in [-0.15, -0.1) is 0 Å². The van der Waals surface area contributed by atoms with E-state index in [0.29, 0.717) is 0 Å². The molecule has 0 aromatic heterocycles. The van der Waals surface area contributed by atoms with Crippen LogP contribution in [0.4, 0.5) is 8.78 Å². The van der Waals surface area contributed by atoms with Crippen molar-refractivity contribution >= 4 is 0 Å². The maximum atomic E-state index is 12.8. The third-order valence-electron chi connectivity index (χ3n) is 3.45. The molecule has 0 unspecified atom stereocenters. The van der Waals surface area contributed by atoms with E-state index in [1.54, 1.807) is 12.1 Å². The standard InChI is InChI=1S/C13H17F2N/c1-16-7-6-10(9-14)8-13(16)11-2-4-12(15)5-3-11/h2-5,10,13H,6-9H2,1H3/t10-,13+/m0/s1. The molecule has 0 spiro atoms. The zero-order chi connectivity index (χ0) is 11.5. The Labute approximate surface area is 95.1 Å². The van der Waals surface area contributed by atoms with E-state index < -0.39 is 0 Å². The fourth-order valence-corrected chi connectivity index (χ4v) is 2.37. The van der Waals surface area contributed by atoms with Crippen LogP contribution < -0.4 is 0 Å². The van der Waals surface area contributed by atoms with Crippen molar-refractivity contribution in [3.8, 4) is 0 Å². The maximum Gasteiger partial charge on any atom is 0.123 e. The Morgan fingerprint density at radius 2 is 2.00 bits per heavy atom. The first kappa shape index (κ1) is 11.5. The largest absolute Gasteiger partial charge is 0.299 e. The number of rotatable bonds is 2. The van der Waals surface area contributed by atoms with Crippen LogP contribution in [0.2, 0.25) is 0 Å². The molecular weight excluding hydrogens is 208 g/mol. The van der Waals surface area contributed by atoms with Crippen molar-refractivity contribution in [2.45, 2.75) is 18.9 Å². The van der Waals surface area contributed by atoms with Gasteiger partial charge in [0.25, 0.3) is 0 Å². The van der Waals surface area contributed by atoms with Crippen LogP contribution >= 0.6 is 0 Å². The van der Waals surface area contributed by atoms with Crippen molar-refractivity contribution < 1.29 is 8.78 Å². The van der Waals surface area contributed by atoms with Crippen molar-refractivity contribution in [3.05, 3.63) is 35.6 Å². The monoisotopic (exact) mass is 225 g/mol. The number of piperidine rings is 1. The predicted molar refractivity (Wildman–Crippen MR) is 60.5 cm³/mol. The highest BCUT2D eigenvalue weighted by Gasteiger charge is 2.26. The van der Waals surface area contributed by atoms with Gasteiger partial charge in [0.1, 0.15) is 5.82 Å². The summed E-state index contributed by atoms with van der Waals surface area (Å²) in [5.41, 5.74) is 1.09. The molecule has 0 N–H and O–H groups in total. The minimum atomic E-state index is -0.245. The molecule has 0 aliphatic carbocycles. The molecule has 0 saturated carbocycles. The number of alkyl halides is 1. The summed E-state index contributed by atoms with van der Waals surface area (Å²) in [6, 6.07) is 6.79. The van der Waals surface area contributed by atoms with E-state index in [1.165, 1.54) is 12.1 Å². The minimum Gasteiger partial charge on any atom is -0.299 e. The number of hydrogen-bond acceptors (Lipinski definition) is 1. The molecule has 1 nitrogen and oxygen atoms in total. The van der Waals surface area contributed by atoms with Crippen LogP contribution in [-0.2, 0) is 0 Å². The molecule has 0 radical (unpaired) electrons. The number of hydrogen-bond donors (Lipinski definition) is 0. The highest BCUT2D eigenvalue weighted by Crippen LogP contribution is 2.33. The van der Waals surface area contributed by atoms with Crippen molar-refractivity contribution in [1.82, 2.24) is 4.90 Å². The lowest BCUT2D eigenvalue weighted by Gasteiger charge is -2.36. The summed E-state index contributed by atoms with van der Waals surface area (Å²) in [4.78, 5) is 2.22. The molecule has 16 heavy (non-hydrogen) atoms. The highest BCUT2D eigenvalue weighted by atomic mass is 19.1. The molecule has 1 aromatic carbocycles. The van der Waals surface area contributed by atoms with E-state index in [9.17, 15) is 8.78 Å². The van der Waals surface area contributed by atoms with Gasteiger partial charge in [0.05, 0.1) is 6.67 Å². The van der Waals surface area contributed by atoms with Crippen LogP contribution in [0.1, 0.15) is 24.4 Å². The van der Waals surface area contributed by atoms with Gasteiger partial charge in [0.2, 0.25) is 0 Å². The zero-order valence-corrected chi connectivity index (χ0v) is 9.50. The Morgan fingerprint density at radius 3 is 2.62 bits per heavy atom. The molecule has 1 fully saturated rings. The van der Waals surface area contributed by atoms with Gasteiger partial charge in [0.15, 0.2) is 0 Å². The summed E-state index contributed by atoms with van der Waals surface area (Å²) in [5.74, 6) is -0.0597. The molecule has 1 aliphatic rings. The summed E-state index contributed by atoms with van der Waals surface area (Å²) in [7, 11) is 2.04. The van der Waals surface area contributed by atoms with Crippen molar-refractivity contribution in [2.75, 3.05) is 20.3 Å². The van der Waals surface area contributed by atoms with Gasteiger partial charge in [-0.2, -0.15) is 0 Å². The van der Waals surface area contributed by atoms with E-state index in [1.807, 2.05) is 7.05 Å². The van der Waals surface area contributed by atoms with E-state index in [2.05, 4.69) is 4.90 Å². The van der Waals surface area contributed by atoms with Gasteiger partial charge in [0, 0.05) is 6.04 Å². The maximum absolute atomic E-state index is 12.8. The summed E-state index contributed by atoms with van der Waals surface area (Å²) < 4.78 is 25.5. The van der Waals surface area contributed by atoms with Gasteiger partial charge >= 0.3 is 0 Å². The second-order valence-electron chi connectivity index (χ2n) is 4.59. The number of benzene rings is 1. The van der Waals surface area contributed by atoms with Gasteiger partial charge in [-0.05, 0) is 50.0 Å². The lowest BCUT2D eigenvalue weighted by atomic mass is 9.88. The second-order valence-corrected chi connectivity index (χ2v) is 4.59. The van der Waals surface area contributed by atoms with E-state index in [-0.39, 0.29) is 24.5 Å². The Bertz CT molecular complexity index is 336. The molecular formula is C13H17F2N. The second kappa shape index (κ2) is 4.91. The Kier molecular flexibility index (Phi) is 3.54. The average Bonchev–Trinajstić information content (AvgIpc) is 2.31. The normalized spacial score (nSPS) is 26.9. The van der Waals surface area contributed by atoms with Crippen molar-refractivity contribution in [1.29, 1.82) is 0 Å².